The van der Waals surface area contributed by atoms with Gasteiger partial charge >= 0.3 is 0 Å². The monoisotopic (exact) mass is 367 g/mol. The lowest BCUT2D eigenvalue weighted by Gasteiger charge is -2.19. The minimum atomic E-state index is -0.511. The summed E-state index contributed by atoms with van der Waals surface area (Å²) in [4.78, 5) is 16.7. The second-order valence-corrected chi connectivity index (χ2v) is 6.22. The minimum Gasteiger partial charge on any atom is -0.494 e. The largest absolute Gasteiger partial charge is 0.494 e. The van der Waals surface area contributed by atoms with Crippen LogP contribution < -0.4 is 10.1 Å². The molecule has 0 saturated heterocycles. The normalized spacial score (nSPS) is 11.8. The molecule has 2 aromatic carbocycles. The van der Waals surface area contributed by atoms with E-state index in [1.165, 1.54) is 12.1 Å². The number of nitrogens with zero attached hydrogens (tertiary/aromatic N) is 2. The molecule has 0 fully saturated rings. The molecule has 0 bridgehead atoms. The van der Waals surface area contributed by atoms with Gasteiger partial charge in [-0.3, -0.25) is 4.79 Å². The summed E-state index contributed by atoms with van der Waals surface area (Å²) in [5.74, 6) is 0.944. The third kappa shape index (κ3) is 5.17. The lowest BCUT2D eigenvalue weighted by molar-refractivity contribution is -0.121. The number of imidazole rings is 1. The Kier molecular flexibility index (Phi) is 6.20. The quantitative estimate of drug-likeness (QED) is 0.619. The molecule has 3 rings (SSSR count). The summed E-state index contributed by atoms with van der Waals surface area (Å²) in [6, 6.07) is 15.2. The van der Waals surface area contributed by atoms with Crippen LogP contribution in [0.3, 0.4) is 0 Å². The smallest absolute Gasteiger partial charge is 0.220 e. The molecule has 27 heavy (non-hydrogen) atoms. The van der Waals surface area contributed by atoms with E-state index in [1.54, 1.807) is 24.5 Å². The van der Waals surface area contributed by atoms with Gasteiger partial charge in [0.1, 0.15) is 23.4 Å². The van der Waals surface area contributed by atoms with Gasteiger partial charge in [-0.05, 0) is 36.2 Å². The number of hydrogen-bond donors (Lipinski definition) is 1. The van der Waals surface area contributed by atoms with E-state index in [2.05, 4.69) is 10.3 Å². The molecule has 0 aliphatic rings. The van der Waals surface area contributed by atoms with Crippen molar-refractivity contribution >= 4 is 5.91 Å². The van der Waals surface area contributed by atoms with Gasteiger partial charge in [-0.2, -0.15) is 0 Å². The molecule has 1 amide bonds. The molecule has 0 aliphatic heterocycles. The Morgan fingerprint density at radius 1 is 1.22 bits per heavy atom. The number of nitrogens with one attached hydrogen (secondary N) is 1. The van der Waals surface area contributed by atoms with Crippen LogP contribution in [0.15, 0.2) is 67.0 Å². The predicted octanol–water partition coefficient (Wildman–Crippen LogP) is 3.62. The first kappa shape index (κ1) is 18.6. The molecule has 5 nitrogen and oxygen atoms in total. The van der Waals surface area contributed by atoms with Crippen LogP contribution in [0, 0.1) is 5.82 Å². The standard InChI is InChI=1S/C21H22FN3O2/c1-25-13-12-23-21(25)20(16-7-5-8-17(22)15-16)24-19(26)11-6-14-27-18-9-3-2-4-10-18/h2-5,7-10,12-13,15,20H,6,11,14H2,1H3,(H,24,26). The fourth-order valence-corrected chi connectivity index (χ4v) is 2.81. The second-order valence-electron chi connectivity index (χ2n) is 6.22. The van der Waals surface area contributed by atoms with Crippen molar-refractivity contribution in [2.24, 2.45) is 7.05 Å². The number of amides is 1. The van der Waals surface area contributed by atoms with Gasteiger partial charge in [0.2, 0.25) is 5.91 Å². The lowest BCUT2D eigenvalue weighted by atomic mass is 10.1. The van der Waals surface area contributed by atoms with Crippen molar-refractivity contribution in [3.63, 3.8) is 0 Å². The number of hydrogen-bond acceptors (Lipinski definition) is 3. The highest BCUT2D eigenvalue weighted by Crippen LogP contribution is 2.21. The number of carbonyl (C=O) groups excluding carboxylic acids is 1. The molecule has 3 aromatic rings. The molecule has 6 heteroatoms. The van der Waals surface area contributed by atoms with Crippen LogP contribution in [0.4, 0.5) is 4.39 Å². The fourth-order valence-electron chi connectivity index (χ4n) is 2.81. The number of aryl methyl sites for hydroxylation is 1. The van der Waals surface area contributed by atoms with Crippen LogP contribution in [-0.2, 0) is 11.8 Å². The van der Waals surface area contributed by atoms with Gasteiger partial charge in [-0.25, -0.2) is 9.37 Å². The van der Waals surface area contributed by atoms with Gasteiger partial charge in [0.25, 0.3) is 0 Å². The molecule has 0 radical (unpaired) electrons. The molecule has 1 aromatic heterocycles. The molecular formula is C21H22FN3O2. The number of rotatable bonds is 8. The van der Waals surface area contributed by atoms with Gasteiger partial charge < -0.3 is 14.6 Å². The molecule has 1 atom stereocenters. The van der Waals surface area contributed by atoms with Gasteiger partial charge in [-0.15, -0.1) is 0 Å². The zero-order valence-corrected chi connectivity index (χ0v) is 15.1. The van der Waals surface area contributed by atoms with Crippen molar-refractivity contribution in [1.82, 2.24) is 14.9 Å². The zero-order chi connectivity index (χ0) is 19.1. The Labute approximate surface area is 157 Å². The Morgan fingerprint density at radius 3 is 2.74 bits per heavy atom. The van der Waals surface area contributed by atoms with Crippen molar-refractivity contribution in [3.8, 4) is 5.75 Å². The fraction of sp³-hybridized carbons (Fsp3) is 0.238. The van der Waals surface area contributed by atoms with Gasteiger partial charge in [-0.1, -0.05) is 30.3 Å². The average Bonchev–Trinajstić information content (AvgIpc) is 3.10. The summed E-state index contributed by atoms with van der Waals surface area (Å²) in [6.45, 7) is 0.449. The first-order valence-corrected chi connectivity index (χ1v) is 8.83. The van der Waals surface area contributed by atoms with Crippen LogP contribution in [-0.4, -0.2) is 22.1 Å². The Bertz CT molecular complexity index is 880. The van der Waals surface area contributed by atoms with Crippen LogP contribution in [0.25, 0.3) is 0 Å². The number of ether oxygens (including phenoxy) is 1. The summed E-state index contributed by atoms with van der Waals surface area (Å²) in [5.41, 5.74) is 0.651. The molecular weight excluding hydrogens is 345 g/mol. The van der Waals surface area contributed by atoms with Crippen LogP contribution in [0.1, 0.15) is 30.3 Å². The summed E-state index contributed by atoms with van der Waals surface area (Å²) >= 11 is 0. The van der Waals surface area contributed by atoms with Gasteiger partial charge in [0, 0.05) is 25.9 Å². The molecule has 0 saturated carbocycles. The van der Waals surface area contributed by atoms with E-state index in [9.17, 15) is 9.18 Å². The number of benzene rings is 2. The van der Waals surface area contributed by atoms with Crippen molar-refractivity contribution < 1.29 is 13.9 Å². The molecule has 1 heterocycles. The summed E-state index contributed by atoms with van der Waals surface area (Å²) in [5, 5.41) is 2.96. The molecule has 140 valence electrons. The highest BCUT2D eigenvalue weighted by Gasteiger charge is 2.21. The third-order valence-electron chi connectivity index (χ3n) is 4.16. The Morgan fingerprint density at radius 2 is 2.04 bits per heavy atom. The third-order valence-corrected chi connectivity index (χ3v) is 4.16. The van der Waals surface area contributed by atoms with Gasteiger partial charge in [0.05, 0.1) is 6.61 Å². The Hall–Kier alpha value is -3.15. The first-order chi connectivity index (χ1) is 13.1. The van der Waals surface area contributed by atoms with Crippen molar-refractivity contribution in [2.75, 3.05) is 6.61 Å². The molecule has 1 unspecified atom stereocenters. The maximum Gasteiger partial charge on any atom is 0.220 e. The average molecular weight is 367 g/mol. The lowest BCUT2D eigenvalue weighted by Crippen LogP contribution is -2.31. The summed E-state index contributed by atoms with van der Waals surface area (Å²) < 4.78 is 21.1. The summed E-state index contributed by atoms with van der Waals surface area (Å²) in [6.07, 6.45) is 4.34. The van der Waals surface area contributed by atoms with Crippen LogP contribution in [0.5, 0.6) is 5.75 Å². The highest BCUT2D eigenvalue weighted by atomic mass is 19.1. The van der Waals surface area contributed by atoms with Crippen molar-refractivity contribution in [3.05, 3.63) is 84.2 Å². The maximum absolute atomic E-state index is 13.7. The van der Waals surface area contributed by atoms with E-state index in [0.29, 0.717) is 30.8 Å². The second kappa shape index (κ2) is 8.98. The first-order valence-electron chi connectivity index (χ1n) is 8.83. The topological polar surface area (TPSA) is 56.2 Å². The zero-order valence-electron chi connectivity index (χ0n) is 15.1. The van der Waals surface area contributed by atoms with E-state index >= 15 is 0 Å². The molecule has 1 N–H and O–H groups in total. The van der Waals surface area contributed by atoms with Crippen LogP contribution in [0.2, 0.25) is 0 Å². The van der Waals surface area contributed by atoms with E-state index in [1.807, 2.05) is 41.9 Å². The minimum absolute atomic E-state index is 0.135. The maximum atomic E-state index is 13.7. The SMILES string of the molecule is Cn1ccnc1C(NC(=O)CCCOc1ccccc1)c1cccc(F)c1. The van der Waals surface area contributed by atoms with Crippen LogP contribution >= 0.6 is 0 Å². The number of aromatic nitrogens is 2. The number of carbonyl (C=O) groups is 1. The van der Waals surface area contributed by atoms with E-state index in [-0.39, 0.29) is 11.7 Å². The van der Waals surface area contributed by atoms with Crippen molar-refractivity contribution in [2.45, 2.75) is 18.9 Å². The molecule has 0 aliphatic carbocycles. The van der Waals surface area contributed by atoms with E-state index in [4.69, 9.17) is 4.74 Å². The highest BCUT2D eigenvalue weighted by molar-refractivity contribution is 5.76. The van der Waals surface area contributed by atoms with E-state index in [0.717, 1.165) is 5.75 Å². The molecule has 0 spiro atoms. The predicted molar refractivity (Wildman–Crippen MR) is 101 cm³/mol. The van der Waals surface area contributed by atoms with E-state index < -0.39 is 6.04 Å². The number of para-hydroxylation sites is 1. The Balaban J connectivity index is 1.60. The van der Waals surface area contributed by atoms with Gasteiger partial charge in [0.15, 0.2) is 0 Å². The summed E-state index contributed by atoms with van der Waals surface area (Å²) in [7, 11) is 1.84. The van der Waals surface area contributed by atoms with Crippen molar-refractivity contribution in [1.29, 1.82) is 0 Å². The number of halogens is 1.